The number of hydrogen-bond donors (Lipinski definition) is 1. The van der Waals surface area contributed by atoms with Gasteiger partial charge in [-0.25, -0.2) is 0 Å². The van der Waals surface area contributed by atoms with Gasteiger partial charge in [0.1, 0.15) is 0 Å². The molecule has 0 bridgehead atoms. The summed E-state index contributed by atoms with van der Waals surface area (Å²) < 4.78 is 0.544. The van der Waals surface area contributed by atoms with Crippen molar-refractivity contribution in [2.45, 2.75) is 12.2 Å². The maximum Gasteiger partial charge on any atom is 0.270 e. The zero-order valence-electron chi connectivity index (χ0n) is 9.97. The van der Waals surface area contributed by atoms with Crippen LogP contribution < -0.4 is 5.32 Å². The summed E-state index contributed by atoms with van der Waals surface area (Å²) in [6.07, 6.45) is 1.96. The fraction of sp³-hybridized carbons (Fsp3) is 0.364. The lowest BCUT2D eigenvalue weighted by atomic mass is 10.2. The van der Waals surface area contributed by atoms with Crippen molar-refractivity contribution < 1.29 is 9.72 Å². The fourth-order valence-corrected chi connectivity index (χ4v) is 1.89. The molecule has 1 aromatic rings. The van der Waals surface area contributed by atoms with E-state index in [1.807, 2.05) is 13.2 Å². The van der Waals surface area contributed by atoms with E-state index in [1.165, 1.54) is 18.2 Å². The second kappa shape index (κ2) is 6.75. The molecule has 1 rings (SSSR count). The van der Waals surface area contributed by atoms with Crippen LogP contribution in [0.3, 0.4) is 0 Å². The normalized spacial score (nSPS) is 11.9. The van der Waals surface area contributed by atoms with Gasteiger partial charge in [-0.3, -0.25) is 14.9 Å². The highest BCUT2D eigenvalue weighted by atomic mass is 79.9. The van der Waals surface area contributed by atoms with E-state index in [1.54, 1.807) is 11.8 Å². The maximum absolute atomic E-state index is 11.9. The lowest BCUT2D eigenvalue weighted by Gasteiger charge is -2.10. The van der Waals surface area contributed by atoms with E-state index in [2.05, 4.69) is 21.2 Å². The van der Waals surface area contributed by atoms with Crippen LogP contribution in [0.25, 0.3) is 0 Å². The SMILES string of the molecule is CSC(C)CNC(=O)c1cc([N+](=O)[O-])ccc1Br. The molecule has 98 valence electrons. The summed E-state index contributed by atoms with van der Waals surface area (Å²) in [6, 6.07) is 4.12. The predicted molar refractivity (Wildman–Crippen MR) is 76.1 cm³/mol. The minimum absolute atomic E-state index is 0.0961. The van der Waals surface area contributed by atoms with Gasteiger partial charge >= 0.3 is 0 Å². The monoisotopic (exact) mass is 332 g/mol. The zero-order chi connectivity index (χ0) is 13.7. The highest BCUT2D eigenvalue weighted by Crippen LogP contribution is 2.22. The van der Waals surface area contributed by atoms with Crippen LogP contribution in [0, 0.1) is 10.1 Å². The number of benzene rings is 1. The third kappa shape index (κ3) is 3.99. The third-order valence-electron chi connectivity index (χ3n) is 2.36. The topological polar surface area (TPSA) is 72.2 Å². The number of non-ortho nitro benzene ring substituents is 1. The lowest BCUT2D eigenvalue weighted by Crippen LogP contribution is -2.29. The molecule has 0 aliphatic carbocycles. The number of nitrogens with zero attached hydrogens (tertiary/aromatic N) is 1. The Kier molecular flexibility index (Phi) is 5.61. The fourth-order valence-electron chi connectivity index (χ4n) is 1.22. The minimum Gasteiger partial charge on any atom is -0.351 e. The van der Waals surface area contributed by atoms with Crippen molar-refractivity contribution in [2.24, 2.45) is 0 Å². The molecule has 0 fully saturated rings. The first kappa shape index (κ1) is 15.0. The molecular weight excluding hydrogens is 320 g/mol. The molecule has 0 spiro atoms. The molecule has 0 radical (unpaired) electrons. The highest BCUT2D eigenvalue weighted by molar-refractivity contribution is 9.10. The van der Waals surface area contributed by atoms with Crippen molar-refractivity contribution in [3.8, 4) is 0 Å². The second-order valence-electron chi connectivity index (χ2n) is 3.68. The zero-order valence-corrected chi connectivity index (χ0v) is 12.4. The number of nitro groups is 1. The van der Waals surface area contributed by atoms with Gasteiger partial charge in [0, 0.05) is 28.4 Å². The molecule has 0 aliphatic rings. The molecule has 1 amide bonds. The Morgan fingerprint density at radius 2 is 2.28 bits per heavy atom. The van der Waals surface area contributed by atoms with Gasteiger partial charge in [0.15, 0.2) is 0 Å². The molecule has 0 aromatic heterocycles. The van der Waals surface area contributed by atoms with Crippen molar-refractivity contribution in [2.75, 3.05) is 12.8 Å². The van der Waals surface area contributed by atoms with Crippen LogP contribution in [-0.4, -0.2) is 28.9 Å². The average molecular weight is 333 g/mol. The molecule has 1 N–H and O–H groups in total. The van der Waals surface area contributed by atoms with Gasteiger partial charge in [-0.1, -0.05) is 6.92 Å². The van der Waals surface area contributed by atoms with Crippen LogP contribution in [0.1, 0.15) is 17.3 Å². The molecule has 0 heterocycles. The largest absolute Gasteiger partial charge is 0.351 e. The van der Waals surface area contributed by atoms with Crippen LogP contribution in [0.2, 0.25) is 0 Å². The summed E-state index contributed by atoms with van der Waals surface area (Å²) >= 11 is 4.86. The Morgan fingerprint density at radius 3 is 2.83 bits per heavy atom. The minimum atomic E-state index is -0.520. The number of rotatable bonds is 5. The van der Waals surface area contributed by atoms with E-state index in [4.69, 9.17) is 0 Å². The Labute approximate surface area is 118 Å². The summed E-state index contributed by atoms with van der Waals surface area (Å²) in [7, 11) is 0. The van der Waals surface area contributed by atoms with Gasteiger partial charge in [0.2, 0.25) is 0 Å². The van der Waals surface area contributed by atoms with Gasteiger partial charge in [-0.2, -0.15) is 11.8 Å². The molecule has 7 heteroatoms. The van der Waals surface area contributed by atoms with E-state index in [0.717, 1.165) is 0 Å². The Morgan fingerprint density at radius 1 is 1.61 bits per heavy atom. The van der Waals surface area contributed by atoms with Crippen molar-refractivity contribution in [3.63, 3.8) is 0 Å². The number of halogens is 1. The number of hydrogen-bond acceptors (Lipinski definition) is 4. The molecule has 1 aromatic carbocycles. The summed E-state index contributed by atoms with van der Waals surface area (Å²) in [5.41, 5.74) is 0.179. The summed E-state index contributed by atoms with van der Waals surface area (Å²) in [4.78, 5) is 22.0. The number of carbonyl (C=O) groups excluding carboxylic acids is 1. The summed E-state index contributed by atoms with van der Waals surface area (Å²) in [5, 5.41) is 13.7. The van der Waals surface area contributed by atoms with Gasteiger partial charge in [0.05, 0.1) is 10.5 Å². The van der Waals surface area contributed by atoms with Gasteiger partial charge in [0.25, 0.3) is 11.6 Å². The van der Waals surface area contributed by atoms with Crippen molar-refractivity contribution >= 4 is 39.3 Å². The van der Waals surface area contributed by atoms with Crippen molar-refractivity contribution in [1.29, 1.82) is 0 Å². The van der Waals surface area contributed by atoms with Crippen molar-refractivity contribution in [3.05, 3.63) is 38.3 Å². The van der Waals surface area contributed by atoms with E-state index in [-0.39, 0.29) is 17.2 Å². The number of thioether (sulfide) groups is 1. The Bertz CT molecular complexity index is 468. The molecule has 1 atom stereocenters. The van der Waals surface area contributed by atoms with Crippen molar-refractivity contribution in [1.82, 2.24) is 5.32 Å². The summed E-state index contributed by atoms with van der Waals surface area (Å²) in [5.74, 6) is -0.313. The average Bonchev–Trinajstić information content (AvgIpc) is 2.35. The maximum atomic E-state index is 11.9. The van der Waals surface area contributed by atoms with E-state index >= 15 is 0 Å². The molecule has 5 nitrogen and oxygen atoms in total. The number of amides is 1. The van der Waals surface area contributed by atoms with E-state index in [0.29, 0.717) is 16.3 Å². The van der Waals surface area contributed by atoms with Crippen LogP contribution in [-0.2, 0) is 0 Å². The smallest absolute Gasteiger partial charge is 0.270 e. The predicted octanol–water partition coefficient (Wildman–Crippen LogP) is 2.84. The Balaban J connectivity index is 2.84. The second-order valence-corrected chi connectivity index (χ2v) is 5.81. The van der Waals surface area contributed by atoms with Gasteiger partial charge in [-0.15, -0.1) is 0 Å². The van der Waals surface area contributed by atoms with Crippen LogP contribution in [0.4, 0.5) is 5.69 Å². The lowest BCUT2D eigenvalue weighted by molar-refractivity contribution is -0.384. The Hall–Kier alpha value is -1.08. The van der Waals surface area contributed by atoms with Crippen LogP contribution in [0.5, 0.6) is 0 Å². The highest BCUT2D eigenvalue weighted by Gasteiger charge is 2.15. The number of nitro benzene ring substituents is 1. The van der Waals surface area contributed by atoms with Gasteiger partial charge < -0.3 is 5.32 Å². The quantitative estimate of drug-likeness (QED) is 0.664. The van der Waals surface area contributed by atoms with Crippen LogP contribution in [0.15, 0.2) is 22.7 Å². The first-order chi connectivity index (χ1) is 8.45. The van der Waals surface area contributed by atoms with Crippen LogP contribution >= 0.6 is 27.7 Å². The molecule has 1 unspecified atom stereocenters. The van der Waals surface area contributed by atoms with E-state index < -0.39 is 4.92 Å². The first-order valence-electron chi connectivity index (χ1n) is 5.20. The van der Waals surface area contributed by atoms with E-state index in [9.17, 15) is 14.9 Å². The number of nitrogens with one attached hydrogen (secondary N) is 1. The van der Waals surface area contributed by atoms with Gasteiger partial charge in [-0.05, 0) is 28.3 Å². The molecule has 0 aliphatic heterocycles. The summed E-state index contributed by atoms with van der Waals surface area (Å²) in [6.45, 7) is 2.52. The molecular formula is C11H13BrN2O3S. The number of carbonyl (C=O) groups is 1. The molecule has 0 saturated carbocycles. The standard InChI is InChI=1S/C11H13BrN2O3S/c1-7(18-2)6-13-11(15)9-5-8(14(16)17)3-4-10(9)12/h3-5,7H,6H2,1-2H3,(H,13,15). The third-order valence-corrected chi connectivity index (χ3v) is 4.02. The molecule has 18 heavy (non-hydrogen) atoms. The first-order valence-corrected chi connectivity index (χ1v) is 7.28. The molecule has 0 saturated heterocycles.